The van der Waals surface area contributed by atoms with E-state index in [-0.39, 0.29) is 5.92 Å². The lowest BCUT2D eigenvalue weighted by molar-refractivity contribution is -0.141. The second kappa shape index (κ2) is 2.73. The van der Waals surface area contributed by atoms with Gasteiger partial charge >= 0.3 is 5.97 Å². The maximum absolute atomic E-state index is 10.7. The van der Waals surface area contributed by atoms with Crippen LogP contribution in [0.15, 0.2) is 0 Å². The SMILES string of the molecule is CN1CC2CC(C(=O)O)CC2C1. The van der Waals surface area contributed by atoms with Crippen LogP contribution in [0.2, 0.25) is 0 Å². The zero-order valence-corrected chi connectivity index (χ0v) is 7.36. The van der Waals surface area contributed by atoms with E-state index in [2.05, 4.69) is 11.9 Å². The lowest BCUT2D eigenvalue weighted by Crippen LogP contribution is -2.19. The van der Waals surface area contributed by atoms with Gasteiger partial charge in [0.2, 0.25) is 0 Å². The Labute approximate surface area is 72.4 Å². The van der Waals surface area contributed by atoms with Crippen LogP contribution in [-0.2, 0) is 4.79 Å². The van der Waals surface area contributed by atoms with Crippen molar-refractivity contribution in [2.45, 2.75) is 12.8 Å². The van der Waals surface area contributed by atoms with E-state index < -0.39 is 5.97 Å². The maximum atomic E-state index is 10.7. The number of carboxylic acid groups (broad SMARTS) is 1. The van der Waals surface area contributed by atoms with Crippen molar-refractivity contribution in [1.29, 1.82) is 0 Å². The second-order valence-corrected chi connectivity index (χ2v) is 4.25. The molecule has 12 heavy (non-hydrogen) atoms. The van der Waals surface area contributed by atoms with Crippen molar-refractivity contribution >= 4 is 5.97 Å². The monoisotopic (exact) mass is 169 g/mol. The number of fused-ring (bicyclic) bond motifs is 1. The van der Waals surface area contributed by atoms with Gasteiger partial charge in [0.15, 0.2) is 0 Å². The molecular weight excluding hydrogens is 154 g/mol. The van der Waals surface area contributed by atoms with Gasteiger partial charge in [-0.3, -0.25) is 4.79 Å². The first-order valence-corrected chi connectivity index (χ1v) is 4.58. The highest BCUT2D eigenvalue weighted by molar-refractivity contribution is 5.70. The third-order valence-electron chi connectivity index (χ3n) is 3.28. The molecule has 2 aliphatic rings. The van der Waals surface area contributed by atoms with Crippen molar-refractivity contribution in [3.05, 3.63) is 0 Å². The fraction of sp³-hybridized carbons (Fsp3) is 0.889. The Morgan fingerprint density at radius 1 is 1.33 bits per heavy atom. The molecular formula is C9H15NO2. The van der Waals surface area contributed by atoms with Crippen molar-refractivity contribution in [3.63, 3.8) is 0 Å². The van der Waals surface area contributed by atoms with Crippen LogP contribution in [0.3, 0.4) is 0 Å². The summed E-state index contributed by atoms with van der Waals surface area (Å²) < 4.78 is 0. The van der Waals surface area contributed by atoms with Crippen molar-refractivity contribution < 1.29 is 9.90 Å². The average molecular weight is 169 g/mol. The van der Waals surface area contributed by atoms with Gasteiger partial charge in [0.05, 0.1) is 5.92 Å². The predicted octanol–water partition coefficient (Wildman–Crippen LogP) is 0.659. The van der Waals surface area contributed by atoms with Gasteiger partial charge < -0.3 is 10.0 Å². The first-order valence-electron chi connectivity index (χ1n) is 4.58. The predicted molar refractivity (Wildman–Crippen MR) is 44.8 cm³/mol. The largest absolute Gasteiger partial charge is 0.481 e. The molecule has 2 fully saturated rings. The minimum Gasteiger partial charge on any atom is -0.481 e. The Morgan fingerprint density at radius 3 is 2.25 bits per heavy atom. The molecule has 2 atom stereocenters. The van der Waals surface area contributed by atoms with Gasteiger partial charge in [-0.15, -0.1) is 0 Å². The third kappa shape index (κ3) is 1.22. The molecule has 68 valence electrons. The Hall–Kier alpha value is -0.570. The van der Waals surface area contributed by atoms with Gasteiger partial charge in [0.25, 0.3) is 0 Å². The summed E-state index contributed by atoms with van der Waals surface area (Å²) in [6.45, 7) is 2.21. The highest BCUT2D eigenvalue weighted by atomic mass is 16.4. The van der Waals surface area contributed by atoms with Crippen LogP contribution in [0.1, 0.15) is 12.8 Å². The summed E-state index contributed by atoms with van der Waals surface area (Å²) in [6, 6.07) is 0. The quantitative estimate of drug-likeness (QED) is 0.627. The van der Waals surface area contributed by atoms with E-state index in [9.17, 15) is 4.79 Å². The summed E-state index contributed by atoms with van der Waals surface area (Å²) in [5.74, 6) is 0.688. The molecule has 1 heterocycles. The zero-order valence-electron chi connectivity index (χ0n) is 7.36. The topological polar surface area (TPSA) is 40.5 Å². The number of hydrogen-bond donors (Lipinski definition) is 1. The maximum Gasteiger partial charge on any atom is 0.306 e. The van der Waals surface area contributed by atoms with Crippen LogP contribution >= 0.6 is 0 Å². The van der Waals surface area contributed by atoms with Gasteiger partial charge in [-0.2, -0.15) is 0 Å². The average Bonchev–Trinajstić information content (AvgIpc) is 2.42. The molecule has 1 saturated heterocycles. The molecule has 1 aliphatic carbocycles. The molecule has 0 aromatic heterocycles. The van der Waals surface area contributed by atoms with Gasteiger partial charge in [-0.05, 0) is 31.7 Å². The zero-order chi connectivity index (χ0) is 8.72. The molecule has 1 saturated carbocycles. The lowest BCUT2D eigenvalue weighted by Gasteiger charge is -2.10. The van der Waals surface area contributed by atoms with Crippen LogP contribution in [0.4, 0.5) is 0 Å². The van der Waals surface area contributed by atoms with E-state index in [0.717, 1.165) is 25.9 Å². The number of carbonyl (C=O) groups is 1. The minimum absolute atomic E-state index is 0.0475. The first-order chi connectivity index (χ1) is 5.66. The molecule has 1 N–H and O–H groups in total. The van der Waals surface area contributed by atoms with Crippen LogP contribution in [0.25, 0.3) is 0 Å². The molecule has 0 aromatic carbocycles. The number of hydrogen-bond acceptors (Lipinski definition) is 2. The van der Waals surface area contributed by atoms with E-state index >= 15 is 0 Å². The molecule has 0 amide bonds. The minimum atomic E-state index is -0.591. The normalized spacial score (nSPS) is 41.6. The molecule has 2 unspecified atom stereocenters. The summed E-state index contributed by atoms with van der Waals surface area (Å²) in [4.78, 5) is 13.0. The van der Waals surface area contributed by atoms with E-state index in [4.69, 9.17) is 5.11 Å². The van der Waals surface area contributed by atoms with E-state index in [1.807, 2.05) is 0 Å². The highest BCUT2D eigenvalue weighted by Crippen LogP contribution is 2.40. The van der Waals surface area contributed by atoms with Crippen LogP contribution in [0, 0.1) is 17.8 Å². The standard InChI is InChI=1S/C9H15NO2/c1-10-4-7-2-6(9(11)12)3-8(7)5-10/h6-8H,2-5H2,1H3,(H,11,12). The van der Waals surface area contributed by atoms with E-state index in [0.29, 0.717) is 11.8 Å². The molecule has 0 bridgehead atoms. The van der Waals surface area contributed by atoms with E-state index in [1.54, 1.807) is 0 Å². The summed E-state index contributed by atoms with van der Waals surface area (Å²) in [6.07, 6.45) is 1.81. The van der Waals surface area contributed by atoms with Crippen LogP contribution < -0.4 is 0 Å². The molecule has 2 rings (SSSR count). The van der Waals surface area contributed by atoms with Crippen molar-refractivity contribution in [2.75, 3.05) is 20.1 Å². The molecule has 3 heteroatoms. The Balaban J connectivity index is 1.98. The molecule has 1 aliphatic heterocycles. The van der Waals surface area contributed by atoms with Crippen LogP contribution in [-0.4, -0.2) is 36.1 Å². The fourth-order valence-electron chi connectivity index (χ4n) is 2.74. The number of rotatable bonds is 1. The smallest absolute Gasteiger partial charge is 0.306 e. The van der Waals surface area contributed by atoms with Gasteiger partial charge in [0, 0.05) is 13.1 Å². The van der Waals surface area contributed by atoms with Gasteiger partial charge in [-0.1, -0.05) is 0 Å². The summed E-state index contributed by atoms with van der Waals surface area (Å²) >= 11 is 0. The Bertz CT molecular complexity index is 191. The molecule has 0 radical (unpaired) electrons. The van der Waals surface area contributed by atoms with Gasteiger partial charge in [-0.25, -0.2) is 0 Å². The third-order valence-corrected chi connectivity index (χ3v) is 3.28. The number of likely N-dealkylation sites (tertiary alicyclic amines) is 1. The van der Waals surface area contributed by atoms with Crippen molar-refractivity contribution in [3.8, 4) is 0 Å². The second-order valence-electron chi connectivity index (χ2n) is 4.25. The van der Waals surface area contributed by atoms with E-state index in [1.165, 1.54) is 0 Å². The number of aliphatic carboxylic acids is 1. The summed E-state index contributed by atoms with van der Waals surface area (Å²) in [7, 11) is 2.12. The summed E-state index contributed by atoms with van der Waals surface area (Å²) in [5, 5.41) is 8.82. The summed E-state index contributed by atoms with van der Waals surface area (Å²) in [5.41, 5.74) is 0. The fourth-order valence-corrected chi connectivity index (χ4v) is 2.74. The van der Waals surface area contributed by atoms with Crippen molar-refractivity contribution in [1.82, 2.24) is 4.90 Å². The van der Waals surface area contributed by atoms with Crippen LogP contribution in [0.5, 0.6) is 0 Å². The van der Waals surface area contributed by atoms with Gasteiger partial charge in [0.1, 0.15) is 0 Å². The number of carboxylic acids is 1. The molecule has 0 aromatic rings. The molecule has 0 spiro atoms. The number of nitrogens with zero attached hydrogens (tertiary/aromatic N) is 1. The Kier molecular flexibility index (Phi) is 1.83. The molecule has 3 nitrogen and oxygen atoms in total. The lowest BCUT2D eigenvalue weighted by atomic mass is 10.0. The Morgan fingerprint density at radius 2 is 1.83 bits per heavy atom. The highest BCUT2D eigenvalue weighted by Gasteiger charge is 2.42. The van der Waals surface area contributed by atoms with Crippen molar-refractivity contribution in [2.24, 2.45) is 17.8 Å². The first kappa shape index (κ1) is 8.05.